The van der Waals surface area contributed by atoms with Crippen molar-refractivity contribution in [1.29, 1.82) is 0 Å². The number of ether oxygens (including phenoxy) is 1. The Morgan fingerprint density at radius 3 is 2.70 bits per heavy atom. The Bertz CT molecular complexity index is 664. The monoisotopic (exact) mass is 281 g/mol. The molecule has 1 aromatic heterocycles. The van der Waals surface area contributed by atoms with Gasteiger partial charge in [-0.25, -0.2) is 8.78 Å². The van der Waals surface area contributed by atoms with Crippen molar-refractivity contribution in [1.82, 2.24) is 4.98 Å². The normalized spacial score (nSPS) is 10.2. The number of nitro groups is 1. The predicted octanol–water partition coefficient (Wildman–Crippen LogP) is 3.10. The second-order valence-corrected chi connectivity index (χ2v) is 3.73. The van der Waals surface area contributed by atoms with Crippen LogP contribution in [0.5, 0.6) is 11.6 Å². The van der Waals surface area contributed by atoms with Gasteiger partial charge in [0.15, 0.2) is 11.6 Å². The summed E-state index contributed by atoms with van der Waals surface area (Å²) >= 11 is 0. The number of rotatable bonds is 4. The van der Waals surface area contributed by atoms with E-state index in [1.807, 2.05) is 0 Å². The maximum absolute atomic E-state index is 13.4. The van der Waals surface area contributed by atoms with E-state index >= 15 is 0 Å². The highest BCUT2D eigenvalue weighted by molar-refractivity contribution is 5.48. The summed E-state index contributed by atoms with van der Waals surface area (Å²) < 4.78 is 31.5. The number of benzene rings is 1. The highest BCUT2D eigenvalue weighted by Gasteiger charge is 2.14. The Kier molecular flexibility index (Phi) is 3.74. The molecule has 0 amide bonds. The Morgan fingerprint density at radius 1 is 1.30 bits per heavy atom. The topological polar surface area (TPSA) is 77.3 Å². The van der Waals surface area contributed by atoms with Gasteiger partial charge in [-0.15, -0.1) is 0 Å². The molecule has 0 bridgehead atoms. The van der Waals surface area contributed by atoms with Gasteiger partial charge in [0.25, 0.3) is 5.69 Å². The number of halogens is 2. The van der Waals surface area contributed by atoms with Gasteiger partial charge < -0.3 is 10.1 Å². The fourth-order valence-corrected chi connectivity index (χ4v) is 1.45. The van der Waals surface area contributed by atoms with Crippen LogP contribution in [0.1, 0.15) is 0 Å². The van der Waals surface area contributed by atoms with Gasteiger partial charge in [-0.3, -0.25) is 10.1 Å². The van der Waals surface area contributed by atoms with Crippen LogP contribution in [0.15, 0.2) is 30.3 Å². The number of hydrogen-bond donors (Lipinski definition) is 1. The van der Waals surface area contributed by atoms with Crippen molar-refractivity contribution < 1.29 is 18.4 Å². The number of nitrogens with one attached hydrogen (secondary N) is 1. The smallest absolute Gasteiger partial charge is 0.278 e. The molecule has 104 valence electrons. The predicted molar refractivity (Wildman–Crippen MR) is 66.9 cm³/mol. The molecule has 1 aromatic carbocycles. The fourth-order valence-electron chi connectivity index (χ4n) is 1.45. The third-order valence-electron chi connectivity index (χ3n) is 2.36. The average molecular weight is 281 g/mol. The number of nitrogens with zero attached hydrogens (tertiary/aromatic N) is 2. The van der Waals surface area contributed by atoms with Crippen LogP contribution in [-0.2, 0) is 0 Å². The minimum atomic E-state index is -0.800. The Labute approximate surface area is 112 Å². The summed E-state index contributed by atoms with van der Waals surface area (Å²) in [5.74, 6) is -1.94. The standard InChI is InChI=1S/C12H9F2N3O3/c1-15-11-5-8(17(18)19)6-12(16-11)20-10-4-7(13)2-3-9(10)14/h2-6H,1H3,(H,15,16). The lowest BCUT2D eigenvalue weighted by Crippen LogP contribution is -1.99. The van der Waals surface area contributed by atoms with Crippen LogP contribution in [0.2, 0.25) is 0 Å². The first-order chi connectivity index (χ1) is 9.49. The molecule has 1 N–H and O–H groups in total. The first-order valence-corrected chi connectivity index (χ1v) is 5.46. The van der Waals surface area contributed by atoms with Crippen LogP contribution in [0.3, 0.4) is 0 Å². The van der Waals surface area contributed by atoms with Crippen molar-refractivity contribution in [3.63, 3.8) is 0 Å². The van der Waals surface area contributed by atoms with E-state index in [9.17, 15) is 18.9 Å². The molecule has 0 saturated heterocycles. The van der Waals surface area contributed by atoms with Gasteiger partial charge in [-0.2, -0.15) is 4.98 Å². The molecule has 0 spiro atoms. The third kappa shape index (κ3) is 2.97. The molecule has 0 atom stereocenters. The molecular formula is C12H9F2N3O3. The van der Waals surface area contributed by atoms with Crippen molar-refractivity contribution in [2.45, 2.75) is 0 Å². The minimum absolute atomic E-state index is 0.172. The van der Waals surface area contributed by atoms with Crippen LogP contribution in [0, 0.1) is 21.7 Å². The summed E-state index contributed by atoms with van der Waals surface area (Å²) in [5.41, 5.74) is -0.281. The minimum Gasteiger partial charge on any atom is -0.436 e. The molecule has 6 nitrogen and oxygen atoms in total. The van der Waals surface area contributed by atoms with Gasteiger partial charge in [-0.05, 0) is 12.1 Å². The van der Waals surface area contributed by atoms with E-state index in [0.717, 1.165) is 24.3 Å². The van der Waals surface area contributed by atoms with Crippen LogP contribution in [0.25, 0.3) is 0 Å². The SMILES string of the molecule is CNc1cc([N+](=O)[O-])cc(Oc2cc(F)ccc2F)n1. The molecule has 0 unspecified atom stereocenters. The van der Waals surface area contributed by atoms with Gasteiger partial charge in [0, 0.05) is 13.1 Å². The Hall–Kier alpha value is -2.77. The molecule has 2 aromatic rings. The van der Waals surface area contributed by atoms with Crippen LogP contribution in [0.4, 0.5) is 20.3 Å². The first-order valence-electron chi connectivity index (χ1n) is 5.46. The second-order valence-electron chi connectivity index (χ2n) is 3.73. The lowest BCUT2D eigenvalue weighted by Gasteiger charge is -2.07. The van der Waals surface area contributed by atoms with Crippen molar-refractivity contribution in [2.75, 3.05) is 12.4 Å². The molecule has 8 heteroatoms. The molecule has 0 aliphatic rings. The maximum atomic E-state index is 13.4. The summed E-state index contributed by atoms with van der Waals surface area (Å²) in [6, 6.07) is 4.86. The molecular weight excluding hydrogens is 272 g/mol. The van der Waals surface area contributed by atoms with E-state index in [1.165, 1.54) is 13.1 Å². The molecule has 2 rings (SSSR count). The van der Waals surface area contributed by atoms with Crippen molar-refractivity contribution >= 4 is 11.5 Å². The zero-order valence-corrected chi connectivity index (χ0v) is 10.3. The van der Waals surface area contributed by atoms with Crippen molar-refractivity contribution in [2.24, 2.45) is 0 Å². The van der Waals surface area contributed by atoms with Crippen molar-refractivity contribution in [3.8, 4) is 11.6 Å². The third-order valence-corrected chi connectivity index (χ3v) is 2.36. The molecule has 0 aliphatic heterocycles. The summed E-state index contributed by atoms with van der Waals surface area (Å²) in [6.07, 6.45) is 0. The lowest BCUT2D eigenvalue weighted by molar-refractivity contribution is -0.384. The molecule has 0 fully saturated rings. The zero-order valence-electron chi connectivity index (χ0n) is 10.3. The number of anilines is 1. The highest BCUT2D eigenvalue weighted by atomic mass is 19.1. The van der Waals surface area contributed by atoms with E-state index in [2.05, 4.69) is 10.3 Å². The van der Waals surface area contributed by atoms with Crippen LogP contribution in [-0.4, -0.2) is 17.0 Å². The summed E-state index contributed by atoms with van der Waals surface area (Å²) in [4.78, 5) is 14.0. The summed E-state index contributed by atoms with van der Waals surface area (Å²) in [5, 5.41) is 13.4. The maximum Gasteiger partial charge on any atom is 0.278 e. The van der Waals surface area contributed by atoms with Crippen LogP contribution >= 0.6 is 0 Å². The Morgan fingerprint density at radius 2 is 2.05 bits per heavy atom. The first kappa shape index (κ1) is 13.7. The van der Waals surface area contributed by atoms with Crippen LogP contribution < -0.4 is 10.1 Å². The van der Waals surface area contributed by atoms with E-state index in [1.54, 1.807) is 0 Å². The largest absolute Gasteiger partial charge is 0.436 e. The summed E-state index contributed by atoms with van der Waals surface area (Å²) in [6.45, 7) is 0. The van der Waals surface area contributed by atoms with Gasteiger partial charge in [0.05, 0.1) is 17.1 Å². The molecule has 1 heterocycles. The Balaban J connectivity index is 2.39. The average Bonchev–Trinajstić information content (AvgIpc) is 2.42. The second kappa shape index (κ2) is 5.47. The lowest BCUT2D eigenvalue weighted by atomic mass is 10.3. The van der Waals surface area contributed by atoms with Gasteiger partial charge in [0.2, 0.25) is 5.88 Å². The fraction of sp³-hybridized carbons (Fsp3) is 0.0833. The number of pyridine rings is 1. The molecule has 0 radical (unpaired) electrons. The molecule has 0 saturated carbocycles. The summed E-state index contributed by atoms with van der Waals surface area (Å²) in [7, 11) is 1.51. The highest BCUT2D eigenvalue weighted by Crippen LogP contribution is 2.28. The van der Waals surface area contributed by atoms with E-state index in [4.69, 9.17) is 4.74 Å². The van der Waals surface area contributed by atoms with Gasteiger partial charge >= 0.3 is 0 Å². The van der Waals surface area contributed by atoms with Crippen molar-refractivity contribution in [3.05, 3.63) is 52.1 Å². The molecule has 20 heavy (non-hydrogen) atoms. The number of aromatic nitrogens is 1. The van der Waals surface area contributed by atoms with E-state index in [-0.39, 0.29) is 17.4 Å². The molecule has 0 aliphatic carbocycles. The van der Waals surface area contributed by atoms with E-state index in [0.29, 0.717) is 0 Å². The zero-order chi connectivity index (χ0) is 14.7. The van der Waals surface area contributed by atoms with E-state index < -0.39 is 22.3 Å². The van der Waals surface area contributed by atoms with Gasteiger partial charge in [0.1, 0.15) is 11.6 Å². The quantitative estimate of drug-likeness (QED) is 0.688. The van der Waals surface area contributed by atoms with Gasteiger partial charge in [-0.1, -0.05) is 0 Å². The number of hydrogen-bond acceptors (Lipinski definition) is 5.